The van der Waals surface area contributed by atoms with Crippen LogP contribution in [0.2, 0.25) is 5.02 Å². The maximum atomic E-state index is 13.3. The highest BCUT2D eigenvalue weighted by atomic mass is 79.9. The first-order chi connectivity index (χ1) is 16.7. The Morgan fingerprint density at radius 3 is 2.51 bits per heavy atom. The molecular formula is C25H16Br2ClFN2O4. The average Bonchev–Trinajstić information content (AvgIpc) is 2.79. The van der Waals surface area contributed by atoms with Crippen LogP contribution < -0.4 is 15.0 Å². The van der Waals surface area contributed by atoms with Crippen LogP contribution >= 0.6 is 43.5 Å². The maximum Gasteiger partial charge on any atom is 0.335 e. The number of ether oxygens (including phenoxy) is 1. The summed E-state index contributed by atoms with van der Waals surface area (Å²) in [5.41, 5.74) is 1.64. The van der Waals surface area contributed by atoms with E-state index in [1.165, 1.54) is 18.2 Å². The highest BCUT2D eigenvalue weighted by Gasteiger charge is 2.38. The van der Waals surface area contributed by atoms with Gasteiger partial charge in [-0.25, -0.2) is 14.1 Å². The van der Waals surface area contributed by atoms with Crippen molar-refractivity contribution in [2.24, 2.45) is 0 Å². The Kier molecular flexibility index (Phi) is 7.39. The van der Waals surface area contributed by atoms with E-state index in [2.05, 4.69) is 37.2 Å². The Hall–Kier alpha value is -3.01. The molecule has 4 rings (SSSR count). The highest BCUT2D eigenvalue weighted by molar-refractivity contribution is 9.11. The number of anilines is 1. The smallest absolute Gasteiger partial charge is 0.335 e. The van der Waals surface area contributed by atoms with Gasteiger partial charge in [-0.1, -0.05) is 45.7 Å². The molecule has 3 aromatic rings. The van der Waals surface area contributed by atoms with Crippen LogP contribution in [-0.2, 0) is 16.2 Å². The second-order valence-corrected chi connectivity index (χ2v) is 9.74. The molecule has 0 unspecified atom stereocenters. The number of halogens is 4. The van der Waals surface area contributed by atoms with Crippen molar-refractivity contribution in [3.05, 3.63) is 96.6 Å². The minimum absolute atomic E-state index is 0.114. The van der Waals surface area contributed by atoms with Crippen molar-refractivity contribution in [2.75, 3.05) is 4.90 Å². The third-order valence-electron chi connectivity index (χ3n) is 5.22. The van der Waals surface area contributed by atoms with Gasteiger partial charge in [0.05, 0.1) is 10.2 Å². The number of rotatable bonds is 5. The minimum Gasteiger partial charge on any atom is -0.487 e. The minimum atomic E-state index is -0.870. The first-order valence-electron chi connectivity index (χ1n) is 10.2. The molecule has 0 atom stereocenters. The normalized spacial score (nSPS) is 14.9. The van der Waals surface area contributed by atoms with Crippen LogP contribution in [0, 0.1) is 12.7 Å². The van der Waals surface area contributed by atoms with Gasteiger partial charge in [-0.15, -0.1) is 0 Å². The van der Waals surface area contributed by atoms with Gasteiger partial charge in [-0.05, 0) is 76.5 Å². The van der Waals surface area contributed by atoms with Crippen molar-refractivity contribution < 1.29 is 23.5 Å². The molecule has 35 heavy (non-hydrogen) atoms. The van der Waals surface area contributed by atoms with E-state index in [1.54, 1.807) is 49.4 Å². The fourth-order valence-corrected chi connectivity index (χ4v) is 4.99. The molecule has 178 valence electrons. The van der Waals surface area contributed by atoms with Crippen LogP contribution in [0.25, 0.3) is 6.08 Å². The third kappa shape index (κ3) is 5.32. The Bertz CT molecular complexity index is 1390. The molecule has 0 radical (unpaired) electrons. The van der Waals surface area contributed by atoms with Crippen LogP contribution in [0.1, 0.15) is 16.7 Å². The van der Waals surface area contributed by atoms with E-state index < -0.39 is 17.8 Å². The van der Waals surface area contributed by atoms with Gasteiger partial charge in [0, 0.05) is 15.1 Å². The largest absolute Gasteiger partial charge is 0.487 e. The molecular weight excluding hydrogens is 607 g/mol. The monoisotopic (exact) mass is 620 g/mol. The third-order valence-corrected chi connectivity index (χ3v) is 6.67. The summed E-state index contributed by atoms with van der Waals surface area (Å²) in [6.07, 6.45) is 1.35. The van der Waals surface area contributed by atoms with E-state index in [1.807, 2.05) is 0 Å². The van der Waals surface area contributed by atoms with E-state index in [0.29, 0.717) is 30.8 Å². The molecule has 10 heteroatoms. The lowest BCUT2D eigenvalue weighted by Crippen LogP contribution is -2.54. The van der Waals surface area contributed by atoms with Gasteiger partial charge in [-0.2, -0.15) is 0 Å². The number of nitrogens with one attached hydrogen (secondary N) is 1. The lowest BCUT2D eigenvalue weighted by atomic mass is 10.0. The fourth-order valence-electron chi connectivity index (χ4n) is 3.45. The Labute approximate surface area is 222 Å². The first-order valence-corrected chi connectivity index (χ1v) is 12.1. The fraction of sp³-hybridized carbons (Fsp3) is 0.0800. The Balaban J connectivity index is 1.73. The molecule has 1 aliphatic heterocycles. The van der Waals surface area contributed by atoms with Gasteiger partial charge in [0.25, 0.3) is 11.8 Å². The zero-order valence-corrected chi connectivity index (χ0v) is 22.0. The number of barbiturate groups is 1. The second kappa shape index (κ2) is 10.3. The number of hydrogen-bond donors (Lipinski definition) is 1. The summed E-state index contributed by atoms with van der Waals surface area (Å²) in [6, 6.07) is 13.2. The van der Waals surface area contributed by atoms with Gasteiger partial charge in [0.2, 0.25) is 0 Å². The highest BCUT2D eigenvalue weighted by Crippen LogP contribution is 2.36. The topological polar surface area (TPSA) is 75.7 Å². The maximum absolute atomic E-state index is 13.3. The number of nitrogens with zero attached hydrogens (tertiary/aromatic N) is 1. The van der Waals surface area contributed by atoms with E-state index in [0.717, 1.165) is 10.5 Å². The van der Waals surface area contributed by atoms with Crippen LogP contribution in [-0.4, -0.2) is 17.8 Å². The number of hydrogen-bond acceptors (Lipinski definition) is 4. The molecule has 1 heterocycles. The molecule has 3 aromatic carbocycles. The molecule has 4 amide bonds. The molecule has 0 spiro atoms. The van der Waals surface area contributed by atoms with Gasteiger partial charge >= 0.3 is 6.03 Å². The first kappa shape index (κ1) is 25.1. The predicted octanol–water partition coefficient (Wildman–Crippen LogP) is 6.56. The van der Waals surface area contributed by atoms with Gasteiger partial charge < -0.3 is 4.74 Å². The Morgan fingerprint density at radius 1 is 1.09 bits per heavy atom. The average molecular weight is 623 g/mol. The summed E-state index contributed by atoms with van der Waals surface area (Å²) in [5, 5.41) is 2.58. The summed E-state index contributed by atoms with van der Waals surface area (Å²) in [7, 11) is 0. The van der Waals surface area contributed by atoms with Crippen molar-refractivity contribution in [3.8, 4) is 5.75 Å². The molecule has 1 fully saturated rings. The van der Waals surface area contributed by atoms with Crippen molar-refractivity contribution in [1.29, 1.82) is 0 Å². The van der Waals surface area contributed by atoms with E-state index in [4.69, 9.17) is 16.3 Å². The van der Waals surface area contributed by atoms with E-state index in [-0.39, 0.29) is 23.7 Å². The van der Waals surface area contributed by atoms with Crippen LogP contribution in [0.15, 0.2) is 69.1 Å². The summed E-state index contributed by atoms with van der Waals surface area (Å²) in [6.45, 7) is 1.79. The zero-order valence-electron chi connectivity index (χ0n) is 18.1. The van der Waals surface area contributed by atoms with Crippen molar-refractivity contribution >= 4 is 73.1 Å². The number of carbonyl (C=O) groups excluding carboxylic acids is 3. The van der Waals surface area contributed by atoms with Gasteiger partial charge in [-0.3, -0.25) is 14.9 Å². The van der Waals surface area contributed by atoms with Crippen LogP contribution in [0.4, 0.5) is 14.9 Å². The molecule has 0 saturated carbocycles. The van der Waals surface area contributed by atoms with Crippen LogP contribution in [0.5, 0.6) is 5.75 Å². The van der Waals surface area contributed by atoms with Gasteiger partial charge in [0.1, 0.15) is 23.7 Å². The molecule has 0 aromatic heterocycles. The number of amides is 4. The lowest BCUT2D eigenvalue weighted by Gasteiger charge is -2.28. The molecule has 0 bridgehead atoms. The van der Waals surface area contributed by atoms with E-state index in [9.17, 15) is 18.8 Å². The number of urea groups is 1. The number of imide groups is 2. The number of carbonyl (C=O) groups is 3. The SMILES string of the molecule is Cc1c(Cl)cccc1N1C(=O)NC(=O)/C(=C\c2cc(Br)cc(Br)c2OCc2ccc(F)cc2)C1=O. The molecule has 6 nitrogen and oxygen atoms in total. The molecule has 1 aliphatic rings. The molecule has 1 N–H and O–H groups in total. The van der Waals surface area contributed by atoms with Crippen molar-refractivity contribution in [2.45, 2.75) is 13.5 Å². The standard InChI is InChI=1S/C25H16Br2ClFN2O4/c1-13-20(28)3-2-4-21(13)31-24(33)18(23(32)30-25(31)34)10-15-9-16(26)11-19(27)22(15)35-12-14-5-7-17(29)8-6-14/h2-11H,12H2,1H3,(H,30,32,34)/b18-10+. The second-order valence-electron chi connectivity index (χ2n) is 7.56. The summed E-state index contributed by atoms with van der Waals surface area (Å²) in [4.78, 5) is 39.5. The Morgan fingerprint density at radius 2 is 1.80 bits per heavy atom. The van der Waals surface area contributed by atoms with Crippen molar-refractivity contribution in [3.63, 3.8) is 0 Å². The summed E-state index contributed by atoms with van der Waals surface area (Å²) in [5.74, 6) is -1.64. The van der Waals surface area contributed by atoms with Gasteiger partial charge in [0.15, 0.2) is 0 Å². The lowest BCUT2D eigenvalue weighted by molar-refractivity contribution is -0.122. The molecule has 0 aliphatic carbocycles. The van der Waals surface area contributed by atoms with E-state index >= 15 is 0 Å². The zero-order chi connectivity index (χ0) is 25.3. The van der Waals surface area contributed by atoms with Crippen LogP contribution in [0.3, 0.4) is 0 Å². The quantitative estimate of drug-likeness (QED) is 0.259. The number of benzene rings is 3. The summed E-state index contributed by atoms with van der Waals surface area (Å²) < 4.78 is 20.4. The summed E-state index contributed by atoms with van der Waals surface area (Å²) >= 11 is 13.0. The molecule has 1 saturated heterocycles. The van der Waals surface area contributed by atoms with Crippen molar-refractivity contribution in [1.82, 2.24) is 5.32 Å². The predicted molar refractivity (Wildman–Crippen MR) is 138 cm³/mol.